The highest BCUT2D eigenvalue weighted by Crippen LogP contribution is 2.63. The van der Waals surface area contributed by atoms with Gasteiger partial charge in [0, 0.05) is 17.4 Å². The number of hydrogen-bond donors (Lipinski definition) is 0. The molecule has 1 aromatic rings. The minimum absolute atomic E-state index is 0.0530. The normalized spacial score (nSPS) is 25.7. The fraction of sp³-hybridized carbons (Fsp3) is 0.562. The van der Waals surface area contributed by atoms with Crippen LogP contribution in [0.3, 0.4) is 0 Å². The summed E-state index contributed by atoms with van der Waals surface area (Å²) >= 11 is 0.619. The Labute approximate surface area is 136 Å². The molecule has 1 amide bonds. The van der Waals surface area contributed by atoms with Crippen LogP contribution >= 0.6 is 11.8 Å². The number of amides is 1. The maximum atomic E-state index is 14.2. The van der Waals surface area contributed by atoms with Crippen molar-refractivity contribution in [3.63, 3.8) is 0 Å². The molecule has 0 aromatic heterocycles. The topological polar surface area (TPSA) is 20.3 Å². The molecule has 2 aliphatic rings. The number of fused-ring (bicyclic) bond motifs is 1. The molecule has 1 heterocycles. The average Bonchev–Trinajstić information content (AvgIpc) is 2.74. The Hall–Kier alpha value is -1.24. The predicted octanol–water partition coefficient (Wildman–Crippen LogP) is 4.41. The second-order valence-electron chi connectivity index (χ2n) is 6.83. The minimum atomic E-state index is -4.29. The van der Waals surface area contributed by atoms with Gasteiger partial charge in [-0.2, -0.15) is 13.2 Å². The summed E-state index contributed by atoms with van der Waals surface area (Å²) in [5.74, 6) is -1.64. The third-order valence-electron chi connectivity index (χ3n) is 4.89. The van der Waals surface area contributed by atoms with Gasteiger partial charge in [0.1, 0.15) is 5.82 Å². The molecule has 1 aliphatic carbocycles. The van der Waals surface area contributed by atoms with Crippen molar-refractivity contribution in [1.29, 1.82) is 0 Å². The Morgan fingerprint density at radius 3 is 2.52 bits per heavy atom. The van der Waals surface area contributed by atoms with Gasteiger partial charge in [0.25, 0.3) is 0 Å². The number of hydrogen-bond acceptors (Lipinski definition) is 2. The Balaban J connectivity index is 1.85. The zero-order valence-corrected chi connectivity index (χ0v) is 13.8. The van der Waals surface area contributed by atoms with Crippen molar-refractivity contribution in [2.75, 3.05) is 17.2 Å². The van der Waals surface area contributed by atoms with Crippen molar-refractivity contribution in [3.8, 4) is 0 Å². The average molecular weight is 347 g/mol. The number of piperidine rings is 1. The number of aryl methyl sites for hydroxylation is 1. The van der Waals surface area contributed by atoms with Crippen molar-refractivity contribution in [1.82, 2.24) is 0 Å². The molecule has 0 spiro atoms. The summed E-state index contributed by atoms with van der Waals surface area (Å²) in [5.41, 5.74) is 0.480. The van der Waals surface area contributed by atoms with Crippen molar-refractivity contribution in [2.24, 2.45) is 17.3 Å². The molecule has 1 saturated heterocycles. The highest BCUT2D eigenvalue weighted by molar-refractivity contribution is 7.99. The molecule has 126 valence electrons. The van der Waals surface area contributed by atoms with Gasteiger partial charge < -0.3 is 4.90 Å². The third-order valence-corrected chi connectivity index (χ3v) is 6.11. The van der Waals surface area contributed by atoms with Crippen LogP contribution < -0.4 is 4.90 Å². The summed E-state index contributed by atoms with van der Waals surface area (Å²) in [6.07, 6.45) is -4.29. The SMILES string of the molecule is Cc1cc(F)c(N2CC3C(C2=O)C3(C)C)cc1SCC(F)(F)F. The molecule has 0 N–H and O–H groups in total. The minimum Gasteiger partial charge on any atom is -0.309 e. The number of thioether (sulfide) groups is 1. The van der Waals surface area contributed by atoms with Crippen molar-refractivity contribution < 1.29 is 22.4 Å². The van der Waals surface area contributed by atoms with Gasteiger partial charge in [-0.1, -0.05) is 13.8 Å². The second kappa shape index (κ2) is 5.13. The van der Waals surface area contributed by atoms with E-state index in [4.69, 9.17) is 0 Å². The quantitative estimate of drug-likeness (QED) is 0.596. The van der Waals surface area contributed by atoms with Crippen LogP contribution in [0.15, 0.2) is 17.0 Å². The van der Waals surface area contributed by atoms with E-state index in [-0.39, 0.29) is 28.8 Å². The fourth-order valence-electron chi connectivity index (χ4n) is 3.41. The first-order valence-electron chi connectivity index (χ1n) is 7.33. The molecule has 1 aromatic carbocycles. The number of anilines is 1. The first-order chi connectivity index (χ1) is 10.5. The number of nitrogens with zero attached hydrogens (tertiary/aromatic N) is 1. The zero-order chi connectivity index (χ0) is 17.2. The van der Waals surface area contributed by atoms with E-state index >= 15 is 0 Å². The van der Waals surface area contributed by atoms with Gasteiger partial charge in [-0.25, -0.2) is 4.39 Å². The van der Waals surface area contributed by atoms with Crippen LogP contribution in [0.5, 0.6) is 0 Å². The largest absolute Gasteiger partial charge is 0.398 e. The molecule has 2 fully saturated rings. The lowest BCUT2D eigenvalue weighted by Gasteiger charge is -2.24. The van der Waals surface area contributed by atoms with E-state index in [2.05, 4.69) is 0 Å². The van der Waals surface area contributed by atoms with E-state index in [1.807, 2.05) is 13.8 Å². The number of halogens is 4. The Bertz CT molecular complexity index is 671. The van der Waals surface area contributed by atoms with Crippen molar-refractivity contribution >= 4 is 23.4 Å². The summed E-state index contributed by atoms with van der Waals surface area (Å²) in [6, 6.07) is 2.58. The van der Waals surface area contributed by atoms with Crippen molar-refractivity contribution in [3.05, 3.63) is 23.5 Å². The van der Waals surface area contributed by atoms with Crippen LogP contribution in [0.1, 0.15) is 19.4 Å². The van der Waals surface area contributed by atoms with Crippen LogP contribution in [-0.2, 0) is 4.79 Å². The summed E-state index contributed by atoms with van der Waals surface area (Å²) in [5, 5.41) is 0. The third kappa shape index (κ3) is 2.84. The van der Waals surface area contributed by atoms with Crippen LogP contribution in [0.4, 0.5) is 23.2 Å². The summed E-state index contributed by atoms with van der Waals surface area (Å²) in [7, 11) is 0. The number of carbonyl (C=O) groups is 1. The van der Waals surface area contributed by atoms with E-state index in [1.165, 1.54) is 17.0 Å². The van der Waals surface area contributed by atoms with E-state index in [0.717, 1.165) is 0 Å². The summed E-state index contributed by atoms with van der Waals surface area (Å²) in [4.78, 5) is 14.1. The maximum Gasteiger partial charge on any atom is 0.398 e. The lowest BCUT2D eigenvalue weighted by Crippen LogP contribution is -2.32. The standard InChI is InChI=1S/C16H17F4NOS/c1-8-4-10(17)11(5-12(8)23-7-16(18,19)20)21-6-9-13(14(21)22)15(9,2)3/h4-5,9,13H,6-7H2,1-3H3. The number of carbonyl (C=O) groups excluding carboxylic acids is 1. The fourth-order valence-corrected chi connectivity index (χ4v) is 4.21. The molecular weight excluding hydrogens is 330 g/mol. The smallest absolute Gasteiger partial charge is 0.309 e. The highest BCUT2D eigenvalue weighted by Gasteiger charge is 2.67. The molecular formula is C16H17F4NOS. The van der Waals surface area contributed by atoms with Crippen LogP contribution in [-0.4, -0.2) is 24.4 Å². The molecule has 3 rings (SSSR count). The van der Waals surface area contributed by atoms with Gasteiger partial charge >= 0.3 is 6.18 Å². The van der Waals surface area contributed by atoms with Crippen LogP contribution in [0.25, 0.3) is 0 Å². The molecule has 2 unspecified atom stereocenters. The molecule has 0 bridgehead atoms. The van der Waals surface area contributed by atoms with Gasteiger partial charge in [-0.3, -0.25) is 4.79 Å². The van der Waals surface area contributed by atoms with Gasteiger partial charge in [0.2, 0.25) is 5.91 Å². The zero-order valence-electron chi connectivity index (χ0n) is 13.0. The number of benzene rings is 1. The first kappa shape index (κ1) is 16.6. The van der Waals surface area contributed by atoms with Gasteiger partial charge in [0.05, 0.1) is 11.4 Å². The summed E-state index contributed by atoms with van der Waals surface area (Å²) < 4.78 is 51.4. The van der Waals surface area contributed by atoms with Crippen LogP contribution in [0.2, 0.25) is 0 Å². The van der Waals surface area contributed by atoms with Crippen LogP contribution in [0, 0.1) is 30.0 Å². The lowest BCUT2D eigenvalue weighted by atomic mass is 10.1. The molecule has 1 aliphatic heterocycles. The lowest BCUT2D eigenvalue weighted by molar-refractivity contribution is -0.119. The Kier molecular flexibility index (Phi) is 3.70. The van der Waals surface area contributed by atoms with Crippen molar-refractivity contribution in [2.45, 2.75) is 31.8 Å². The molecule has 2 atom stereocenters. The number of alkyl halides is 3. The van der Waals surface area contributed by atoms with Gasteiger partial charge in [-0.15, -0.1) is 11.8 Å². The monoisotopic (exact) mass is 347 g/mol. The molecule has 0 radical (unpaired) electrons. The Morgan fingerprint density at radius 1 is 1.35 bits per heavy atom. The molecule has 2 nitrogen and oxygen atoms in total. The van der Waals surface area contributed by atoms with E-state index in [1.54, 1.807) is 6.92 Å². The highest BCUT2D eigenvalue weighted by atomic mass is 32.2. The molecule has 23 heavy (non-hydrogen) atoms. The second-order valence-corrected chi connectivity index (χ2v) is 7.84. The molecule has 7 heteroatoms. The van der Waals surface area contributed by atoms with E-state index in [0.29, 0.717) is 28.8 Å². The van der Waals surface area contributed by atoms with Gasteiger partial charge in [-0.05, 0) is 36.0 Å². The predicted molar refractivity (Wildman–Crippen MR) is 81.0 cm³/mol. The summed E-state index contributed by atoms with van der Waals surface area (Å²) in [6.45, 7) is 6.01. The van der Waals surface area contributed by atoms with Gasteiger partial charge in [0.15, 0.2) is 0 Å². The van der Waals surface area contributed by atoms with E-state index in [9.17, 15) is 22.4 Å². The number of rotatable bonds is 3. The first-order valence-corrected chi connectivity index (χ1v) is 8.32. The Morgan fingerprint density at radius 2 is 2.00 bits per heavy atom. The van der Waals surface area contributed by atoms with E-state index < -0.39 is 17.7 Å². The maximum absolute atomic E-state index is 14.2. The molecule has 1 saturated carbocycles.